The summed E-state index contributed by atoms with van der Waals surface area (Å²) in [7, 11) is 0. The lowest BCUT2D eigenvalue weighted by Crippen LogP contribution is -2.43. The van der Waals surface area contributed by atoms with Crippen LogP contribution in [0, 0.1) is 0 Å². The van der Waals surface area contributed by atoms with Gasteiger partial charge in [-0.2, -0.15) is 13.2 Å². The Morgan fingerprint density at radius 3 is 2.30 bits per heavy atom. The molecule has 9 heteroatoms. The van der Waals surface area contributed by atoms with Crippen LogP contribution in [-0.2, 0) is 15.0 Å². The van der Waals surface area contributed by atoms with E-state index >= 15 is 0 Å². The van der Waals surface area contributed by atoms with Crippen LogP contribution in [0.15, 0.2) is 22.7 Å². The zero-order valence-corrected chi connectivity index (χ0v) is 19.1. The van der Waals surface area contributed by atoms with Gasteiger partial charge in [-0.15, -0.1) is 0 Å². The fraction of sp³-hybridized carbons (Fsp3) is 0.619. The van der Waals surface area contributed by atoms with Crippen LogP contribution in [0.2, 0.25) is 0 Å². The number of alkyl halides is 3. The Hall–Kier alpha value is -1.77. The Kier molecular flexibility index (Phi) is 8.19. The van der Waals surface area contributed by atoms with E-state index in [1.54, 1.807) is 0 Å². The first-order valence-electron chi connectivity index (χ1n) is 9.96. The summed E-state index contributed by atoms with van der Waals surface area (Å²) in [5.41, 5.74) is 1.21. The van der Waals surface area contributed by atoms with Crippen molar-refractivity contribution in [2.45, 2.75) is 51.6 Å². The first-order valence-corrected chi connectivity index (χ1v) is 10.8. The van der Waals surface area contributed by atoms with E-state index in [1.807, 2.05) is 18.2 Å². The van der Waals surface area contributed by atoms with E-state index in [4.69, 9.17) is 4.74 Å². The van der Waals surface area contributed by atoms with Crippen molar-refractivity contribution in [3.8, 4) is 5.75 Å². The van der Waals surface area contributed by atoms with Crippen LogP contribution >= 0.6 is 15.9 Å². The molecule has 1 saturated heterocycles. The highest BCUT2D eigenvalue weighted by Gasteiger charge is 2.42. The summed E-state index contributed by atoms with van der Waals surface area (Å²) in [5.74, 6) is -1.28. The van der Waals surface area contributed by atoms with Gasteiger partial charge < -0.3 is 14.5 Å². The molecule has 0 spiro atoms. The van der Waals surface area contributed by atoms with Gasteiger partial charge in [-0.1, -0.05) is 26.8 Å². The van der Waals surface area contributed by atoms with Crippen LogP contribution in [0.1, 0.15) is 45.6 Å². The van der Waals surface area contributed by atoms with E-state index in [0.29, 0.717) is 31.7 Å². The molecule has 1 aliphatic heterocycles. The van der Waals surface area contributed by atoms with Gasteiger partial charge in [-0.25, -0.2) is 0 Å². The molecule has 168 valence electrons. The number of ether oxygens (including phenoxy) is 1. The summed E-state index contributed by atoms with van der Waals surface area (Å²) < 4.78 is 44.4. The van der Waals surface area contributed by atoms with Crippen molar-refractivity contribution in [3.63, 3.8) is 0 Å². The second-order valence-electron chi connectivity index (χ2n) is 8.37. The van der Waals surface area contributed by atoms with Crippen molar-refractivity contribution in [2.24, 2.45) is 0 Å². The molecule has 30 heavy (non-hydrogen) atoms. The number of hydrogen-bond acceptors (Lipinski definition) is 3. The van der Waals surface area contributed by atoms with Crippen LogP contribution in [0.5, 0.6) is 5.75 Å². The maximum absolute atomic E-state index is 12.6. The normalized spacial score (nSPS) is 15.7. The summed E-state index contributed by atoms with van der Waals surface area (Å²) in [4.78, 5) is 26.1. The molecule has 1 aliphatic rings. The summed E-state index contributed by atoms with van der Waals surface area (Å²) in [6.07, 6.45) is -3.81. The van der Waals surface area contributed by atoms with Gasteiger partial charge in [-0.05, 0) is 51.9 Å². The van der Waals surface area contributed by atoms with E-state index in [-0.39, 0.29) is 37.4 Å². The fourth-order valence-corrected chi connectivity index (χ4v) is 3.69. The van der Waals surface area contributed by atoms with Gasteiger partial charge in [0.2, 0.25) is 5.91 Å². The first kappa shape index (κ1) is 24.5. The van der Waals surface area contributed by atoms with Gasteiger partial charge in [0.05, 0.1) is 11.1 Å². The highest BCUT2D eigenvalue weighted by atomic mass is 79.9. The fourth-order valence-electron chi connectivity index (χ4n) is 3.20. The topological polar surface area (TPSA) is 49.9 Å². The number of carbonyl (C=O) groups excluding carboxylic acids is 2. The van der Waals surface area contributed by atoms with Crippen molar-refractivity contribution in [1.29, 1.82) is 0 Å². The largest absolute Gasteiger partial charge is 0.492 e. The zero-order chi connectivity index (χ0) is 22.5. The molecule has 5 nitrogen and oxygen atoms in total. The number of carbonyl (C=O) groups is 2. The Bertz CT molecular complexity index is 763. The van der Waals surface area contributed by atoms with Gasteiger partial charge in [-0.3, -0.25) is 9.59 Å². The number of rotatable bonds is 5. The van der Waals surface area contributed by atoms with E-state index in [0.717, 1.165) is 9.37 Å². The highest BCUT2D eigenvalue weighted by Crippen LogP contribution is 2.31. The molecule has 2 rings (SSSR count). The Morgan fingerprint density at radius 1 is 1.07 bits per heavy atom. The third-order valence-corrected chi connectivity index (χ3v) is 5.59. The molecule has 0 saturated carbocycles. The van der Waals surface area contributed by atoms with E-state index in [9.17, 15) is 22.8 Å². The molecular weight excluding hydrogens is 465 g/mol. The molecule has 0 radical (unpaired) electrons. The molecule has 0 N–H and O–H groups in total. The lowest BCUT2D eigenvalue weighted by atomic mass is 9.87. The SMILES string of the molecule is CC(C)(C)c1ccc(OCCCC(=O)N2CCCN(C(=O)C(F)(F)F)CC2)c(Br)c1. The quantitative estimate of drug-likeness (QED) is 0.567. The number of amides is 2. The second kappa shape index (κ2) is 10.0. The Balaban J connectivity index is 1.78. The average molecular weight is 493 g/mol. The van der Waals surface area contributed by atoms with Crippen molar-refractivity contribution in [2.75, 3.05) is 32.8 Å². The predicted octanol–water partition coefficient (Wildman–Crippen LogP) is 4.53. The lowest BCUT2D eigenvalue weighted by molar-refractivity contribution is -0.185. The van der Waals surface area contributed by atoms with Gasteiger partial charge in [0, 0.05) is 32.6 Å². The van der Waals surface area contributed by atoms with Crippen LogP contribution < -0.4 is 4.74 Å². The molecule has 0 aliphatic carbocycles. The van der Waals surface area contributed by atoms with Crippen LogP contribution in [0.3, 0.4) is 0 Å². The third kappa shape index (κ3) is 6.89. The first-order chi connectivity index (χ1) is 13.9. The van der Waals surface area contributed by atoms with E-state index in [1.165, 1.54) is 10.5 Å². The molecule has 1 heterocycles. The van der Waals surface area contributed by atoms with Gasteiger partial charge in [0.25, 0.3) is 0 Å². The number of halogens is 4. The molecule has 0 aromatic heterocycles. The Labute approximate surface area is 183 Å². The summed E-state index contributed by atoms with van der Waals surface area (Å²) in [5, 5.41) is 0. The van der Waals surface area contributed by atoms with Gasteiger partial charge in [0.15, 0.2) is 0 Å². The van der Waals surface area contributed by atoms with Crippen LogP contribution in [-0.4, -0.2) is 60.6 Å². The standard InChI is InChI=1S/C21H28BrF3N2O3/c1-20(2,3)15-7-8-17(16(22)14-15)30-13-4-6-18(28)26-9-5-10-27(12-11-26)19(29)21(23,24)25/h7-8,14H,4-6,9-13H2,1-3H3. The Morgan fingerprint density at radius 2 is 1.70 bits per heavy atom. The summed E-state index contributed by atoms with van der Waals surface area (Å²) in [6, 6.07) is 5.93. The number of benzene rings is 1. The smallest absolute Gasteiger partial charge is 0.471 e. The van der Waals surface area contributed by atoms with Crippen LogP contribution in [0.4, 0.5) is 13.2 Å². The van der Waals surface area contributed by atoms with Crippen molar-refractivity contribution in [3.05, 3.63) is 28.2 Å². The van der Waals surface area contributed by atoms with E-state index in [2.05, 4.69) is 36.7 Å². The highest BCUT2D eigenvalue weighted by molar-refractivity contribution is 9.10. The monoisotopic (exact) mass is 492 g/mol. The lowest BCUT2D eigenvalue weighted by Gasteiger charge is -2.23. The summed E-state index contributed by atoms with van der Waals surface area (Å²) in [6.45, 7) is 7.09. The van der Waals surface area contributed by atoms with E-state index < -0.39 is 12.1 Å². The van der Waals surface area contributed by atoms with Gasteiger partial charge in [0.1, 0.15) is 5.75 Å². The molecule has 0 unspecified atom stereocenters. The minimum absolute atomic E-state index is 0.00379. The number of nitrogens with zero attached hydrogens (tertiary/aromatic N) is 2. The number of hydrogen-bond donors (Lipinski definition) is 0. The van der Waals surface area contributed by atoms with Crippen molar-refractivity contribution in [1.82, 2.24) is 9.80 Å². The minimum Gasteiger partial charge on any atom is -0.492 e. The second-order valence-corrected chi connectivity index (χ2v) is 9.23. The molecule has 2 amide bonds. The molecule has 0 bridgehead atoms. The third-order valence-electron chi connectivity index (χ3n) is 4.97. The molecule has 0 atom stereocenters. The van der Waals surface area contributed by atoms with Crippen molar-refractivity contribution >= 4 is 27.7 Å². The maximum atomic E-state index is 12.6. The summed E-state index contributed by atoms with van der Waals surface area (Å²) >= 11 is 3.51. The predicted molar refractivity (Wildman–Crippen MR) is 111 cm³/mol. The molecule has 1 fully saturated rings. The average Bonchev–Trinajstić information content (AvgIpc) is 2.90. The van der Waals surface area contributed by atoms with Crippen molar-refractivity contribution < 1.29 is 27.5 Å². The minimum atomic E-state index is -4.88. The maximum Gasteiger partial charge on any atom is 0.471 e. The van der Waals surface area contributed by atoms with Gasteiger partial charge >= 0.3 is 12.1 Å². The molecular formula is C21H28BrF3N2O3. The zero-order valence-electron chi connectivity index (χ0n) is 17.5. The molecule has 1 aromatic carbocycles. The van der Waals surface area contributed by atoms with Crippen LogP contribution in [0.25, 0.3) is 0 Å². The molecule has 1 aromatic rings.